The first-order chi connectivity index (χ1) is 12.0. The number of rotatable bonds is 10. The Morgan fingerprint density at radius 2 is 1.50 bits per heavy atom. The van der Waals surface area contributed by atoms with Gasteiger partial charge in [0, 0.05) is 32.6 Å². The van der Waals surface area contributed by atoms with Crippen LogP contribution < -0.4 is 0 Å². The highest BCUT2D eigenvalue weighted by Crippen LogP contribution is 2.55. The summed E-state index contributed by atoms with van der Waals surface area (Å²) in [6, 6.07) is 0. The Morgan fingerprint density at radius 1 is 1.04 bits per heavy atom. The third kappa shape index (κ3) is 4.00. The summed E-state index contributed by atoms with van der Waals surface area (Å²) in [6.45, 7) is 10.6. The Kier molecular flexibility index (Phi) is 7.12. The number of hydrogen-bond acceptors (Lipinski definition) is 3. The Bertz CT molecular complexity index is 524. The molecule has 5 nitrogen and oxygen atoms in total. The minimum absolute atomic E-state index is 0.222. The molecule has 0 bridgehead atoms. The minimum atomic E-state index is -4.03. The zero-order valence-corrected chi connectivity index (χ0v) is 16.6. The van der Waals surface area contributed by atoms with Gasteiger partial charge in [0.2, 0.25) is 17.7 Å². The molecule has 2 amide bonds. The van der Waals surface area contributed by atoms with Crippen molar-refractivity contribution in [3.63, 3.8) is 0 Å². The van der Waals surface area contributed by atoms with Gasteiger partial charge in [-0.05, 0) is 41.0 Å². The summed E-state index contributed by atoms with van der Waals surface area (Å²) in [5, 5.41) is 0. The molecule has 1 rings (SSSR count). The highest BCUT2D eigenvalue weighted by Gasteiger charge is 2.69. The molecule has 8 heteroatoms. The zero-order valence-electron chi connectivity index (χ0n) is 16.6. The minimum Gasteiger partial charge on any atom is -0.343 e. The van der Waals surface area contributed by atoms with Crippen LogP contribution in [0, 0.1) is 11.3 Å². The van der Waals surface area contributed by atoms with Gasteiger partial charge in [0.05, 0.1) is 0 Å². The van der Waals surface area contributed by atoms with Gasteiger partial charge in [-0.15, -0.1) is 0 Å². The SMILES string of the molecule is CCN(CC)C(=O)C1CC1(F)OC(F)(F)C(C)(CC)C(=O)N(CC)CC. The van der Waals surface area contributed by atoms with E-state index in [-0.39, 0.29) is 19.5 Å². The molecule has 0 radical (unpaired) electrons. The third-order valence-corrected chi connectivity index (χ3v) is 5.39. The van der Waals surface area contributed by atoms with Crippen molar-refractivity contribution in [3.8, 4) is 0 Å². The molecule has 3 atom stereocenters. The summed E-state index contributed by atoms with van der Waals surface area (Å²) in [5.74, 6) is -5.31. The maximum Gasteiger partial charge on any atom is 0.372 e. The molecule has 0 aliphatic heterocycles. The van der Waals surface area contributed by atoms with Crippen LogP contribution in [0.3, 0.4) is 0 Å². The van der Waals surface area contributed by atoms with Crippen molar-refractivity contribution in [2.75, 3.05) is 26.2 Å². The lowest BCUT2D eigenvalue weighted by Crippen LogP contribution is -2.54. The van der Waals surface area contributed by atoms with E-state index in [0.29, 0.717) is 13.1 Å². The van der Waals surface area contributed by atoms with Crippen molar-refractivity contribution in [2.45, 2.75) is 66.3 Å². The topological polar surface area (TPSA) is 49.9 Å². The number of hydrogen-bond donors (Lipinski definition) is 0. The van der Waals surface area contributed by atoms with Crippen LogP contribution >= 0.6 is 0 Å². The molecule has 1 saturated carbocycles. The highest BCUT2D eigenvalue weighted by molar-refractivity contribution is 5.84. The first-order valence-electron chi connectivity index (χ1n) is 9.32. The molecule has 1 fully saturated rings. The van der Waals surface area contributed by atoms with E-state index in [1.165, 1.54) is 16.7 Å². The van der Waals surface area contributed by atoms with Crippen molar-refractivity contribution >= 4 is 11.8 Å². The lowest BCUT2D eigenvalue weighted by molar-refractivity contribution is -0.346. The Morgan fingerprint density at radius 3 is 1.88 bits per heavy atom. The smallest absolute Gasteiger partial charge is 0.343 e. The molecule has 152 valence electrons. The Hall–Kier alpha value is -1.31. The van der Waals surface area contributed by atoms with Crippen LogP contribution in [0.1, 0.15) is 54.4 Å². The van der Waals surface area contributed by atoms with Crippen LogP contribution in [-0.4, -0.2) is 59.8 Å². The number of carbonyl (C=O) groups is 2. The number of alkyl halides is 3. The normalized spacial score (nSPS) is 24.7. The number of amides is 2. The Labute approximate surface area is 153 Å². The van der Waals surface area contributed by atoms with E-state index in [1.54, 1.807) is 27.7 Å². The summed E-state index contributed by atoms with van der Waals surface area (Å²) in [4.78, 5) is 27.5. The number of nitrogens with zero attached hydrogens (tertiary/aromatic N) is 2. The van der Waals surface area contributed by atoms with Crippen molar-refractivity contribution in [3.05, 3.63) is 0 Å². The van der Waals surface area contributed by atoms with E-state index < -0.39 is 41.5 Å². The molecule has 3 unspecified atom stereocenters. The predicted molar refractivity (Wildman–Crippen MR) is 92.2 cm³/mol. The summed E-state index contributed by atoms with van der Waals surface area (Å²) < 4.78 is 49.0. The number of carbonyl (C=O) groups excluding carboxylic acids is 2. The van der Waals surface area contributed by atoms with E-state index in [9.17, 15) is 22.8 Å². The van der Waals surface area contributed by atoms with Gasteiger partial charge in [-0.1, -0.05) is 6.92 Å². The molecule has 0 saturated heterocycles. The third-order valence-electron chi connectivity index (χ3n) is 5.39. The summed E-state index contributed by atoms with van der Waals surface area (Å²) in [7, 11) is 0. The van der Waals surface area contributed by atoms with Gasteiger partial charge in [0.25, 0.3) is 0 Å². The van der Waals surface area contributed by atoms with Crippen LogP contribution in [-0.2, 0) is 14.3 Å². The van der Waals surface area contributed by atoms with Gasteiger partial charge in [0.1, 0.15) is 11.3 Å². The number of halogens is 3. The lowest BCUT2D eigenvalue weighted by atomic mass is 9.84. The maximum absolute atomic E-state index is 14.9. The van der Waals surface area contributed by atoms with Crippen molar-refractivity contribution in [1.82, 2.24) is 9.80 Å². The molecule has 0 aromatic carbocycles. The van der Waals surface area contributed by atoms with E-state index in [0.717, 1.165) is 6.92 Å². The molecular formula is C18H31F3N2O3. The van der Waals surface area contributed by atoms with Crippen LogP contribution in [0.5, 0.6) is 0 Å². The van der Waals surface area contributed by atoms with Crippen LogP contribution in [0.4, 0.5) is 13.2 Å². The average molecular weight is 380 g/mol. The van der Waals surface area contributed by atoms with Crippen molar-refractivity contribution in [1.29, 1.82) is 0 Å². The van der Waals surface area contributed by atoms with Gasteiger partial charge < -0.3 is 9.80 Å². The molecule has 0 heterocycles. The molecule has 0 N–H and O–H groups in total. The molecular weight excluding hydrogens is 349 g/mol. The Balaban J connectivity index is 2.99. The maximum atomic E-state index is 14.9. The second-order valence-electron chi connectivity index (χ2n) is 6.84. The summed E-state index contributed by atoms with van der Waals surface area (Å²) in [6.07, 6.45) is -4.67. The highest BCUT2D eigenvalue weighted by atomic mass is 19.3. The van der Waals surface area contributed by atoms with Crippen molar-refractivity contribution < 1.29 is 27.5 Å². The fourth-order valence-electron chi connectivity index (χ4n) is 3.03. The summed E-state index contributed by atoms with van der Waals surface area (Å²) >= 11 is 0. The quantitative estimate of drug-likeness (QED) is 0.583. The first kappa shape index (κ1) is 22.7. The standard InChI is InChI=1S/C18H31F3N2O3/c1-7-16(6,15(25)23(10-4)11-5)18(20,21)26-17(19)12-13(17)14(24)22(8-2)9-3/h13H,7-12H2,1-6H3. The van der Waals surface area contributed by atoms with Gasteiger partial charge in [-0.2, -0.15) is 8.78 Å². The largest absolute Gasteiger partial charge is 0.372 e. The van der Waals surface area contributed by atoms with Gasteiger partial charge in [-0.25, -0.2) is 4.39 Å². The fourth-order valence-corrected chi connectivity index (χ4v) is 3.03. The van der Waals surface area contributed by atoms with E-state index in [1.807, 2.05) is 0 Å². The van der Waals surface area contributed by atoms with Crippen LogP contribution in [0.25, 0.3) is 0 Å². The average Bonchev–Trinajstić information content (AvgIpc) is 3.25. The van der Waals surface area contributed by atoms with Crippen LogP contribution in [0.2, 0.25) is 0 Å². The summed E-state index contributed by atoms with van der Waals surface area (Å²) in [5.41, 5.74) is -2.20. The molecule has 26 heavy (non-hydrogen) atoms. The van der Waals surface area contributed by atoms with Crippen LogP contribution in [0.15, 0.2) is 0 Å². The lowest BCUT2D eigenvalue weighted by Gasteiger charge is -2.38. The predicted octanol–water partition coefficient (Wildman–Crippen LogP) is 3.43. The van der Waals surface area contributed by atoms with Gasteiger partial charge in [-0.3, -0.25) is 14.3 Å². The van der Waals surface area contributed by atoms with Gasteiger partial charge in [0.15, 0.2) is 0 Å². The molecule has 0 aromatic heterocycles. The second-order valence-corrected chi connectivity index (χ2v) is 6.84. The first-order valence-corrected chi connectivity index (χ1v) is 9.32. The zero-order chi connectivity index (χ0) is 20.3. The number of ether oxygens (including phenoxy) is 1. The van der Waals surface area contributed by atoms with E-state index in [4.69, 9.17) is 0 Å². The van der Waals surface area contributed by atoms with Crippen molar-refractivity contribution in [2.24, 2.45) is 11.3 Å². The molecule has 1 aliphatic rings. The molecule has 1 aliphatic carbocycles. The second kappa shape index (κ2) is 8.15. The van der Waals surface area contributed by atoms with E-state index in [2.05, 4.69) is 4.74 Å². The van der Waals surface area contributed by atoms with Gasteiger partial charge >= 0.3 is 6.11 Å². The fraction of sp³-hybridized carbons (Fsp3) is 0.889. The monoisotopic (exact) mass is 380 g/mol. The molecule has 0 spiro atoms. The van der Waals surface area contributed by atoms with E-state index >= 15 is 0 Å². The molecule has 0 aromatic rings.